The lowest BCUT2D eigenvalue weighted by atomic mass is 10.1. The number of hydrogen-bond acceptors (Lipinski definition) is 4. The summed E-state index contributed by atoms with van der Waals surface area (Å²) < 4.78 is 6.49. The Hall–Kier alpha value is -1.70. The SMILES string of the molecule is CCNC(=O)OC(c1cnccn1)c1ccccc1I. The summed E-state index contributed by atoms with van der Waals surface area (Å²) in [5, 5.41) is 2.62. The Morgan fingerprint density at radius 3 is 2.85 bits per heavy atom. The van der Waals surface area contributed by atoms with E-state index in [-0.39, 0.29) is 0 Å². The number of amides is 1. The Bertz CT molecular complexity index is 578. The van der Waals surface area contributed by atoms with Crippen molar-refractivity contribution in [2.45, 2.75) is 13.0 Å². The van der Waals surface area contributed by atoms with Crippen LogP contribution in [-0.4, -0.2) is 22.6 Å². The van der Waals surface area contributed by atoms with Crippen molar-refractivity contribution in [2.75, 3.05) is 6.54 Å². The molecular formula is C14H14IN3O2. The summed E-state index contributed by atoms with van der Waals surface area (Å²) >= 11 is 2.21. The number of aromatic nitrogens is 2. The number of benzene rings is 1. The first-order chi connectivity index (χ1) is 9.72. The molecule has 2 aromatic rings. The Labute approximate surface area is 130 Å². The van der Waals surface area contributed by atoms with E-state index in [0.717, 1.165) is 9.13 Å². The first-order valence-corrected chi connectivity index (χ1v) is 7.25. The highest BCUT2D eigenvalue weighted by Gasteiger charge is 2.22. The van der Waals surface area contributed by atoms with Gasteiger partial charge in [0.1, 0.15) is 5.69 Å². The molecule has 6 heteroatoms. The molecule has 1 heterocycles. The Kier molecular flexibility index (Phi) is 5.28. The van der Waals surface area contributed by atoms with E-state index in [2.05, 4.69) is 37.9 Å². The number of halogens is 1. The van der Waals surface area contributed by atoms with Crippen LogP contribution in [0.15, 0.2) is 42.9 Å². The quantitative estimate of drug-likeness (QED) is 0.825. The van der Waals surface area contributed by atoms with Crippen LogP contribution in [0.3, 0.4) is 0 Å². The third-order valence-electron chi connectivity index (χ3n) is 2.59. The first-order valence-electron chi connectivity index (χ1n) is 6.17. The van der Waals surface area contributed by atoms with Crippen LogP contribution in [0.4, 0.5) is 4.79 Å². The fourth-order valence-electron chi connectivity index (χ4n) is 1.71. The van der Waals surface area contributed by atoms with Gasteiger partial charge in [-0.3, -0.25) is 9.97 Å². The molecular weight excluding hydrogens is 369 g/mol. The molecule has 0 aliphatic carbocycles. The van der Waals surface area contributed by atoms with Gasteiger partial charge in [-0.25, -0.2) is 4.79 Å². The second-order valence-corrected chi connectivity index (χ2v) is 5.13. The largest absolute Gasteiger partial charge is 0.435 e. The monoisotopic (exact) mass is 383 g/mol. The van der Waals surface area contributed by atoms with Gasteiger partial charge >= 0.3 is 6.09 Å². The molecule has 104 valence electrons. The molecule has 1 atom stereocenters. The van der Waals surface area contributed by atoms with Gasteiger partial charge in [0.05, 0.1) is 6.20 Å². The summed E-state index contributed by atoms with van der Waals surface area (Å²) in [6.07, 6.45) is 3.74. The standard InChI is InChI=1S/C14H14IN3O2/c1-2-17-14(19)20-13(12-9-16-7-8-18-12)10-5-3-4-6-11(10)15/h3-9,13H,2H2,1H3,(H,17,19). The Morgan fingerprint density at radius 2 is 2.20 bits per heavy atom. The predicted octanol–water partition coefficient (Wildman–Crippen LogP) is 2.92. The number of alkyl carbamates (subject to hydrolysis) is 1. The molecule has 1 aromatic heterocycles. The Morgan fingerprint density at radius 1 is 1.40 bits per heavy atom. The van der Waals surface area contributed by atoms with E-state index in [0.29, 0.717) is 12.2 Å². The molecule has 1 unspecified atom stereocenters. The maximum Gasteiger partial charge on any atom is 0.408 e. The van der Waals surface area contributed by atoms with Crippen LogP contribution in [0.25, 0.3) is 0 Å². The van der Waals surface area contributed by atoms with E-state index in [1.54, 1.807) is 18.6 Å². The maximum atomic E-state index is 11.7. The van der Waals surface area contributed by atoms with Gasteiger partial charge in [-0.2, -0.15) is 0 Å². The van der Waals surface area contributed by atoms with Crippen LogP contribution in [0, 0.1) is 3.57 Å². The van der Waals surface area contributed by atoms with Crippen LogP contribution in [0.2, 0.25) is 0 Å². The minimum Gasteiger partial charge on any atom is -0.435 e. The lowest BCUT2D eigenvalue weighted by molar-refractivity contribution is 0.114. The molecule has 1 aromatic carbocycles. The van der Waals surface area contributed by atoms with Crippen molar-refractivity contribution < 1.29 is 9.53 Å². The summed E-state index contributed by atoms with van der Waals surface area (Å²) in [4.78, 5) is 20.0. The fraction of sp³-hybridized carbons (Fsp3) is 0.214. The third-order valence-corrected chi connectivity index (χ3v) is 3.57. The Balaban J connectivity index is 2.35. The molecule has 20 heavy (non-hydrogen) atoms. The molecule has 0 spiro atoms. The topological polar surface area (TPSA) is 64.1 Å². The molecule has 0 fully saturated rings. The molecule has 1 amide bonds. The normalized spacial score (nSPS) is 11.7. The number of carbonyl (C=O) groups is 1. The highest BCUT2D eigenvalue weighted by Crippen LogP contribution is 2.27. The average molecular weight is 383 g/mol. The summed E-state index contributed by atoms with van der Waals surface area (Å²) in [7, 11) is 0. The summed E-state index contributed by atoms with van der Waals surface area (Å²) in [6.45, 7) is 2.35. The van der Waals surface area contributed by atoms with Gasteiger partial charge in [-0.05, 0) is 35.6 Å². The van der Waals surface area contributed by atoms with E-state index in [4.69, 9.17) is 4.74 Å². The van der Waals surface area contributed by atoms with Gasteiger partial charge in [0.15, 0.2) is 6.10 Å². The zero-order chi connectivity index (χ0) is 14.4. The van der Waals surface area contributed by atoms with E-state index in [1.807, 2.05) is 31.2 Å². The maximum absolute atomic E-state index is 11.7. The van der Waals surface area contributed by atoms with Crippen molar-refractivity contribution >= 4 is 28.7 Å². The lowest BCUT2D eigenvalue weighted by Gasteiger charge is -2.18. The fourth-order valence-corrected chi connectivity index (χ4v) is 2.38. The van der Waals surface area contributed by atoms with Crippen molar-refractivity contribution in [1.29, 1.82) is 0 Å². The minimum absolute atomic E-state index is 0.470. The van der Waals surface area contributed by atoms with Crippen LogP contribution in [0.1, 0.15) is 24.3 Å². The second kappa shape index (κ2) is 7.18. The smallest absolute Gasteiger partial charge is 0.408 e. The average Bonchev–Trinajstić information content (AvgIpc) is 2.47. The summed E-state index contributed by atoms with van der Waals surface area (Å²) in [5.74, 6) is 0. The highest BCUT2D eigenvalue weighted by atomic mass is 127. The van der Waals surface area contributed by atoms with E-state index in [1.165, 1.54) is 0 Å². The first kappa shape index (κ1) is 14.7. The zero-order valence-electron chi connectivity index (χ0n) is 10.9. The molecule has 5 nitrogen and oxygen atoms in total. The van der Waals surface area contributed by atoms with Crippen LogP contribution < -0.4 is 5.32 Å². The van der Waals surface area contributed by atoms with Crippen molar-refractivity contribution in [2.24, 2.45) is 0 Å². The number of ether oxygens (including phenoxy) is 1. The number of carbonyl (C=O) groups excluding carboxylic acids is 1. The van der Waals surface area contributed by atoms with E-state index < -0.39 is 12.2 Å². The second-order valence-electron chi connectivity index (χ2n) is 3.97. The van der Waals surface area contributed by atoms with Gasteiger partial charge in [0, 0.05) is 28.1 Å². The number of hydrogen-bond donors (Lipinski definition) is 1. The van der Waals surface area contributed by atoms with Gasteiger partial charge < -0.3 is 10.1 Å². The molecule has 0 saturated carbocycles. The lowest BCUT2D eigenvalue weighted by Crippen LogP contribution is -2.26. The number of nitrogens with one attached hydrogen (secondary N) is 1. The van der Waals surface area contributed by atoms with Crippen molar-refractivity contribution in [3.8, 4) is 0 Å². The summed E-state index contributed by atoms with van der Waals surface area (Å²) in [6, 6.07) is 7.72. The number of nitrogens with zero attached hydrogens (tertiary/aromatic N) is 2. The van der Waals surface area contributed by atoms with Gasteiger partial charge in [-0.15, -0.1) is 0 Å². The van der Waals surface area contributed by atoms with Crippen molar-refractivity contribution in [3.05, 3.63) is 57.7 Å². The van der Waals surface area contributed by atoms with Crippen LogP contribution >= 0.6 is 22.6 Å². The third kappa shape index (κ3) is 3.66. The molecule has 0 saturated heterocycles. The molecule has 0 bridgehead atoms. The molecule has 1 N–H and O–H groups in total. The highest BCUT2D eigenvalue weighted by molar-refractivity contribution is 14.1. The van der Waals surface area contributed by atoms with Gasteiger partial charge in [0.2, 0.25) is 0 Å². The van der Waals surface area contributed by atoms with E-state index >= 15 is 0 Å². The van der Waals surface area contributed by atoms with Gasteiger partial charge in [0.25, 0.3) is 0 Å². The summed E-state index contributed by atoms with van der Waals surface area (Å²) in [5.41, 5.74) is 1.49. The van der Waals surface area contributed by atoms with Crippen molar-refractivity contribution in [3.63, 3.8) is 0 Å². The van der Waals surface area contributed by atoms with Crippen LogP contribution in [0.5, 0.6) is 0 Å². The molecule has 0 aliphatic heterocycles. The molecule has 2 rings (SSSR count). The predicted molar refractivity (Wildman–Crippen MR) is 83.2 cm³/mol. The molecule has 0 aliphatic rings. The van der Waals surface area contributed by atoms with E-state index in [9.17, 15) is 4.79 Å². The van der Waals surface area contributed by atoms with Gasteiger partial charge in [-0.1, -0.05) is 18.2 Å². The number of rotatable bonds is 4. The minimum atomic E-state index is -0.566. The van der Waals surface area contributed by atoms with Crippen molar-refractivity contribution in [1.82, 2.24) is 15.3 Å². The zero-order valence-corrected chi connectivity index (χ0v) is 13.1. The van der Waals surface area contributed by atoms with Crippen LogP contribution in [-0.2, 0) is 4.74 Å². The molecule has 0 radical (unpaired) electrons.